The number of anilines is 1. The van der Waals surface area contributed by atoms with E-state index in [1.54, 1.807) is 6.07 Å². The molecule has 15 nitrogen and oxygen atoms in total. The molecule has 1 fully saturated rings. The Morgan fingerprint density at radius 2 is 1.71 bits per heavy atom. The van der Waals surface area contributed by atoms with E-state index >= 15 is 0 Å². The molecule has 1 saturated heterocycles. The van der Waals surface area contributed by atoms with E-state index in [1.807, 2.05) is 34.6 Å². The summed E-state index contributed by atoms with van der Waals surface area (Å²) in [7, 11) is 1.49. The Kier molecular flexibility index (Phi) is 15.9. The molecular formula is C40H54N2O13. The maximum absolute atomic E-state index is 13.3. The van der Waals surface area contributed by atoms with Crippen molar-refractivity contribution < 1.29 is 62.7 Å². The van der Waals surface area contributed by atoms with E-state index in [1.165, 1.54) is 45.2 Å². The number of hydrogen-bond acceptors (Lipinski definition) is 12. The molecule has 302 valence electrons. The molecule has 2 amide bonds. The molecule has 0 aliphatic carbocycles. The van der Waals surface area contributed by atoms with Crippen molar-refractivity contribution in [3.63, 3.8) is 0 Å². The van der Waals surface area contributed by atoms with Gasteiger partial charge in [-0.2, -0.15) is 0 Å². The van der Waals surface area contributed by atoms with Crippen LogP contribution in [-0.4, -0.2) is 83.5 Å². The third-order valence-electron chi connectivity index (χ3n) is 9.25. The fourth-order valence-corrected chi connectivity index (χ4v) is 6.34. The van der Waals surface area contributed by atoms with Crippen LogP contribution in [0.3, 0.4) is 0 Å². The summed E-state index contributed by atoms with van der Waals surface area (Å²) in [4.78, 5) is 73.8. The van der Waals surface area contributed by atoms with Crippen molar-refractivity contribution in [3.05, 3.63) is 47.0 Å². The predicted molar refractivity (Wildman–Crippen MR) is 200 cm³/mol. The lowest BCUT2D eigenvalue weighted by Gasteiger charge is -2.33. The van der Waals surface area contributed by atoms with Gasteiger partial charge in [-0.1, -0.05) is 46.1 Å². The molecule has 2 aliphatic rings. The zero-order valence-electron chi connectivity index (χ0n) is 32.8. The zero-order valence-corrected chi connectivity index (χ0v) is 32.8. The lowest BCUT2D eigenvalue weighted by molar-refractivity contribution is -0.175. The zero-order chi connectivity index (χ0) is 41.0. The number of fused-ring (bicyclic) bond motifs is 1. The summed E-state index contributed by atoms with van der Waals surface area (Å²) in [5, 5.41) is 24.2. The number of rotatable bonds is 13. The number of carbonyl (C=O) groups is 6. The molecule has 0 bridgehead atoms. The summed E-state index contributed by atoms with van der Waals surface area (Å²) >= 11 is 0. The average molecular weight is 771 g/mol. The van der Waals surface area contributed by atoms with Crippen LogP contribution < -0.4 is 20.1 Å². The van der Waals surface area contributed by atoms with E-state index in [2.05, 4.69) is 10.6 Å². The Hall–Kier alpha value is -5.34. The van der Waals surface area contributed by atoms with Crippen LogP contribution in [0.25, 0.3) is 0 Å². The first-order valence-corrected chi connectivity index (χ1v) is 18.5. The third-order valence-corrected chi connectivity index (χ3v) is 9.25. The number of ether oxygens (including phenoxy) is 5. The number of phenolic OH excluding ortho intramolecular Hbond substituents is 1. The molecule has 2 heterocycles. The summed E-state index contributed by atoms with van der Waals surface area (Å²) in [6.45, 7) is 12.7. The highest BCUT2D eigenvalue weighted by Gasteiger charge is 2.44. The number of phenols is 1. The predicted octanol–water partition coefficient (Wildman–Crippen LogP) is 5.59. The van der Waals surface area contributed by atoms with Crippen LogP contribution in [0.5, 0.6) is 17.2 Å². The third kappa shape index (κ3) is 11.8. The van der Waals surface area contributed by atoms with Crippen LogP contribution in [0.4, 0.5) is 5.69 Å². The Morgan fingerprint density at radius 3 is 2.33 bits per heavy atom. The van der Waals surface area contributed by atoms with Gasteiger partial charge in [0.2, 0.25) is 6.41 Å². The number of para-hydroxylation sites is 1. The van der Waals surface area contributed by atoms with Crippen molar-refractivity contribution in [1.82, 2.24) is 5.32 Å². The minimum atomic E-state index is -1.42. The second-order valence-corrected chi connectivity index (χ2v) is 14.6. The Balaban J connectivity index is 0.000000394. The SMILES string of the molecule is CCCCCC1C(=O)OC(C)C(NC(=O)c2cccc(NC=O)c2O)C(=O)OC(C)C1OC(=O)CC(C)C.COc1c(C(=O)O)ccc2c1CCC(C)(C)O2. The smallest absolute Gasteiger partial charge is 0.339 e. The first-order valence-electron chi connectivity index (χ1n) is 18.5. The van der Waals surface area contributed by atoms with Gasteiger partial charge in [-0.25, -0.2) is 9.59 Å². The number of aromatic carboxylic acids is 1. The standard InChI is InChI=1S/C27H38N2O9.C13H16O4/c1-6-7-8-10-19-24(38-21(31)13-15(2)3)17(5)37-27(35)22(16(4)36-26(19)34)29-25(33)18-11-9-12-20(23(18)32)28-14-30;1-13(2)7-6-8-10(17-13)5-4-9(12(14)15)11(8)16-3/h9,11-12,14-17,19,22,24,32H,6-8,10,13H2,1-5H3,(H,28,30)(H,29,33);4-5H,6-7H2,1-3H3,(H,14,15). The van der Waals surface area contributed by atoms with E-state index in [-0.39, 0.29) is 34.8 Å². The number of amides is 2. The highest BCUT2D eigenvalue weighted by molar-refractivity contribution is 6.01. The second kappa shape index (κ2) is 19.8. The fraction of sp³-hybridized carbons (Fsp3) is 0.550. The van der Waals surface area contributed by atoms with Crippen molar-refractivity contribution in [2.75, 3.05) is 12.4 Å². The summed E-state index contributed by atoms with van der Waals surface area (Å²) < 4.78 is 27.9. The molecule has 55 heavy (non-hydrogen) atoms. The van der Waals surface area contributed by atoms with Gasteiger partial charge < -0.3 is 44.5 Å². The number of benzene rings is 2. The van der Waals surface area contributed by atoms with Crippen LogP contribution >= 0.6 is 0 Å². The van der Waals surface area contributed by atoms with E-state index in [4.69, 9.17) is 28.8 Å². The van der Waals surface area contributed by atoms with Crippen LogP contribution in [-0.2, 0) is 39.8 Å². The van der Waals surface area contributed by atoms with Gasteiger partial charge in [-0.3, -0.25) is 19.2 Å². The normalized spacial score (nSPS) is 21.7. The summed E-state index contributed by atoms with van der Waals surface area (Å²) in [5.41, 5.74) is 0.622. The molecule has 0 aromatic heterocycles. The van der Waals surface area contributed by atoms with Gasteiger partial charge in [0.05, 0.1) is 24.3 Å². The highest BCUT2D eigenvalue weighted by Crippen LogP contribution is 2.40. The van der Waals surface area contributed by atoms with Crippen molar-refractivity contribution in [1.29, 1.82) is 0 Å². The van der Waals surface area contributed by atoms with Crippen molar-refractivity contribution >= 4 is 41.9 Å². The number of nitrogens with one attached hydrogen (secondary N) is 2. The first-order chi connectivity index (χ1) is 25.9. The van der Waals surface area contributed by atoms with Crippen molar-refractivity contribution in [2.45, 2.75) is 123 Å². The van der Waals surface area contributed by atoms with Gasteiger partial charge in [0.1, 0.15) is 34.9 Å². The maximum atomic E-state index is 13.3. The number of aromatic hydroxyl groups is 1. The average Bonchev–Trinajstić information content (AvgIpc) is 3.13. The number of esters is 3. The van der Waals surface area contributed by atoms with Gasteiger partial charge in [0.15, 0.2) is 17.9 Å². The number of cyclic esters (lactones) is 2. The summed E-state index contributed by atoms with van der Waals surface area (Å²) in [5.74, 6) is -4.10. The topological polar surface area (TPSA) is 213 Å². The van der Waals surface area contributed by atoms with Crippen LogP contribution in [0, 0.1) is 11.8 Å². The van der Waals surface area contributed by atoms with Gasteiger partial charge in [0.25, 0.3) is 5.91 Å². The van der Waals surface area contributed by atoms with Gasteiger partial charge in [-0.15, -0.1) is 0 Å². The minimum absolute atomic E-state index is 0.00114. The van der Waals surface area contributed by atoms with Crippen LogP contribution in [0.15, 0.2) is 30.3 Å². The summed E-state index contributed by atoms with van der Waals surface area (Å²) in [6, 6.07) is 5.94. The van der Waals surface area contributed by atoms with Crippen molar-refractivity contribution in [2.24, 2.45) is 11.8 Å². The van der Waals surface area contributed by atoms with Gasteiger partial charge in [-0.05, 0) is 77.1 Å². The largest absolute Gasteiger partial charge is 0.505 e. The monoisotopic (exact) mass is 770 g/mol. The molecule has 5 atom stereocenters. The number of methoxy groups -OCH3 is 1. The van der Waals surface area contributed by atoms with Crippen LogP contribution in [0.2, 0.25) is 0 Å². The molecule has 2 aliphatic heterocycles. The summed E-state index contributed by atoms with van der Waals surface area (Å²) in [6.07, 6.45) is 1.68. The number of hydrogen-bond donors (Lipinski definition) is 4. The van der Waals surface area contributed by atoms with Crippen molar-refractivity contribution in [3.8, 4) is 17.2 Å². The highest BCUT2D eigenvalue weighted by atomic mass is 16.6. The second-order valence-electron chi connectivity index (χ2n) is 14.6. The molecular weight excluding hydrogens is 716 g/mol. The first kappa shape index (κ1) is 44.1. The van der Waals surface area contributed by atoms with E-state index in [9.17, 15) is 33.9 Å². The van der Waals surface area contributed by atoms with Gasteiger partial charge >= 0.3 is 23.9 Å². The molecule has 0 saturated carbocycles. The Labute approximate surface area is 321 Å². The fourth-order valence-electron chi connectivity index (χ4n) is 6.34. The van der Waals surface area contributed by atoms with E-state index < -0.39 is 65.8 Å². The Bertz CT molecular complexity index is 1710. The molecule has 4 N–H and O–H groups in total. The molecule has 2 aromatic rings. The molecule has 4 rings (SSSR count). The van der Waals surface area contributed by atoms with Gasteiger partial charge in [0, 0.05) is 12.0 Å². The van der Waals surface area contributed by atoms with E-state index in [0.29, 0.717) is 25.0 Å². The molecule has 0 radical (unpaired) electrons. The van der Waals surface area contributed by atoms with Crippen LogP contribution in [0.1, 0.15) is 113 Å². The molecule has 15 heteroatoms. The number of carboxylic acid groups (broad SMARTS) is 1. The maximum Gasteiger partial charge on any atom is 0.339 e. The minimum Gasteiger partial charge on any atom is -0.505 e. The number of carbonyl (C=O) groups excluding carboxylic acids is 5. The lowest BCUT2D eigenvalue weighted by Crippen LogP contribution is -2.50. The van der Waals surface area contributed by atoms with E-state index in [0.717, 1.165) is 37.0 Å². The number of carboxylic acids is 1. The quantitative estimate of drug-likeness (QED) is 0.0644. The molecule has 0 spiro atoms. The number of unbranched alkanes of at least 4 members (excludes halogenated alkanes) is 2. The molecule has 2 aromatic carbocycles. The molecule has 5 unspecified atom stereocenters. The Morgan fingerprint density at radius 1 is 1.02 bits per heavy atom. The lowest BCUT2D eigenvalue weighted by atomic mass is 9.92.